The van der Waals surface area contributed by atoms with Gasteiger partial charge in [0.25, 0.3) is 11.8 Å². The van der Waals surface area contributed by atoms with Crippen molar-refractivity contribution >= 4 is 17.5 Å². The predicted octanol–water partition coefficient (Wildman–Crippen LogP) is -3.38. The van der Waals surface area contributed by atoms with Crippen LogP contribution in [0.25, 0.3) is 0 Å². The summed E-state index contributed by atoms with van der Waals surface area (Å²) >= 11 is 0. The summed E-state index contributed by atoms with van der Waals surface area (Å²) in [5, 5.41) is 11.6. The van der Waals surface area contributed by atoms with Crippen molar-refractivity contribution in [2.24, 2.45) is 0 Å². The number of hydrazine groups is 1. The predicted molar refractivity (Wildman–Crippen MR) is 54.9 cm³/mol. The fourth-order valence-corrected chi connectivity index (χ4v) is 1.41. The van der Waals surface area contributed by atoms with E-state index in [2.05, 4.69) is 5.43 Å². The molecular weight excluding hydrogens is 231 g/mol. The number of rotatable bonds is 1. The van der Waals surface area contributed by atoms with E-state index >= 15 is 0 Å². The Hall–Kier alpha value is -1.30. The molecule has 0 bridgehead atoms. The first-order chi connectivity index (χ1) is 7.63. The van der Waals surface area contributed by atoms with Crippen LogP contribution in [0.15, 0.2) is 36.1 Å². The molecule has 1 aromatic rings. The zero-order valence-corrected chi connectivity index (χ0v) is 11.6. The van der Waals surface area contributed by atoms with Gasteiger partial charge in [-0.2, -0.15) is 0 Å². The standard InChI is InChI=1S/C11H10N2O3.Na/c1-7-2-4-8(5-3-7)13-11(16)9(6-14)10(15)12-13;/h2-6,14H,1H3,(H,12,15);/q;+1/p-1/b9-6-;. The average molecular weight is 240 g/mol. The molecule has 0 saturated carbocycles. The fourth-order valence-electron chi connectivity index (χ4n) is 1.41. The van der Waals surface area contributed by atoms with Crippen LogP contribution in [0.3, 0.4) is 0 Å². The van der Waals surface area contributed by atoms with Gasteiger partial charge < -0.3 is 5.11 Å². The second-order valence-corrected chi connectivity index (χ2v) is 3.45. The molecule has 17 heavy (non-hydrogen) atoms. The smallest absolute Gasteiger partial charge is 0.877 e. The molecule has 1 N–H and O–H groups in total. The van der Waals surface area contributed by atoms with E-state index in [-0.39, 0.29) is 41.4 Å². The number of nitrogens with one attached hydrogen (secondary N) is 1. The Morgan fingerprint density at radius 1 is 1.24 bits per heavy atom. The Morgan fingerprint density at radius 2 is 1.82 bits per heavy atom. The summed E-state index contributed by atoms with van der Waals surface area (Å²) in [7, 11) is 0. The largest absolute Gasteiger partial charge is 1.00 e. The van der Waals surface area contributed by atoms with Gasteiger partial charge in [0, 0.05) is 0 Å². The third-order valence-electron chi connectivity index (χ3n) is 2.30. The maximum Gasteiger partial charge on any atom is 1.00 e. The summed E-state index contributed by atoms with van der Waals surface area (Å²) in [6.07, 6.45) is 0.270. The number of hydrogen-bond acceptors (Lipinski definition) is 3. The maximum absolute atomic E-state index is 11.6. The first-order valence-electron chi connectivity index (χ1n) is 4.67. The number of hydrogen-bond donors (Lipinski definition) is 1. The van der Waals surface area contributed by atoms with Gasteiger partial charge in [0.05, 0.1) is 11.3 Å². The molecule has 5 nitrogen and oxygen atoms in total. The van der Waals surface area contributed by atoms with Gasteiger partial charge >= 0.3 is 29.6 Å². The number of aryl methyl sites for hydroxylation is 1. The zero-order valence-electron chi connectivity index (χ0n) is 9.56. The van der Waals surface area contributed by atoms with E-state index in [1.54, 1.807) is 12.1 Å². The third-order valence-corrected chi connectivity index (χ3v) is 2.30. The zero-order chi connectivity index (χ0) is 11.7. The number of carbonyl (C=O) groups is 2. The second kappa shape index (κ2) is 5.35. The van der Waals surface area contributed by atoms with Crippen molar-refractivity contribution in [1.82, 2.24) is 5.43 Å². The molecule has 0 radical (unpaired) electrons. The van der Waals surface area contributed by atoms with Crippen LogP contribution in [0.1, 0.15) is 5.56 Å². The van der Waals surface area contributed by atoms with E-state index in [4.69, 9.17) is 0 Å². The van der Waals surface area contributed by atoms with E-state index < -0.39 is 11.8 Å². The van der Waals surface area contributed by atoms with E-state index in [9.17, 15) is 14.7 Å². The van der Waals surface area contributed by atoms with Gasteiger partial charge in [-0.25, -0.2) is 5.01 Å². The van der Waals surface area contributed by atoms with Crippen LogP contribution in [-0.2, 0) is 9.59 Å². The summed E-state index contributed by atoms with van der Waals surface area (Å²) in [6, 6.07) is 7.02. The van der Waals surface area contributed by atoms with E-state index in [1.807, 2.05) is 19.1 Å². The van der Waals surface area contributed by atoms with Gasteiger partial charge in [0.1, 0.15) is 0 Å². The van der Waals surface area contributed by atoms with Crippen LogP contribution < -0.4 is 45.1 Å². The molecule has 0 unspecified atom stereocenters. The monoisotopic (exact) mass is 240 g/mol. The first kappa shape index (κ1) is 13.8. The molecule has 0 aromatic heterocycles. The average Bonchev–Trinajstić information content (AvgIpc) is 2.55. The molecule has 0 atom stereocenters. The number of anilines is 1. The summed E-state index contributed by atoms with van der Waals surface area (Å²) in [6.45, 7) is 1.91. The van der Waals surface area contributed by atoms with Crippen LogP contribution >= 0.6 is 0 Å². The van der Waals surface area contributed by atoms with Crippen molar-refractivity contribution in [3.05, 3.63) is 41.7 Å². The van der Waals surface area contributed by atoms with Crippen LogP contribution in [0.5, 0.6) is 0 Å². The molecule has 82 valence electrons. The van der Waals surface area contributed by atoms with Gasteiger partial charge in [-0.05, 0) is 19.1 Å². The Morgan fingerprint density at radius 3 is 2.29 bits per heavy atom. The van der Waals surface area contributed by atoms with Crippen molar-refractivity contribution in [3.8, 4) is 0 Å². The molecule has 0 aliphatic carbocycles. The molecule has 2 amide bonds. The number of nitrogens with zero attached hydrogens (tertiary/aromatic N) is 1. The Labute approximate surface area is 120 Å². The van der Waals surface area contributed by atoms with Crippen LogP contribution in [0.4, 0.5) is 5.69 Å². The Balaban J connectivity index is 0.00000144. The molecule has 1 saturated heterocycles. The Bertz CT molecular complexity index is 482. The van der Waals surface area contributed by atoms with Gasteiger partial charge in [-0.1, -0.05) is 17.7 Å². The minimum atomic E-state index is -0.666. The summed E-state index contributed by atoms with van der Waals surface area (Å²) in [4.78, 5) is 22.8. The summed E-state index contributed by atoms with van der Waals surface area (Å²) in [5.74, 6) is -1.29. The molecule has 6 heteroatoms. The van der Waals surface area contributed by atoms with Gasteiger partial charge in [-0.15, -0.1) is 6.26 Å². The molecule has 1 aliphatic rings. The molecule has 1 aromatic carbocycles. The number of benzene rings is 1. The molecule has 2 rings (SSSR count). The first-order valence-corrected chi connectivity index (χ1v) is 4.67. The van der Waals surface area contributed by atoms with Crippen molar-refractivity contribution in [3.63, 3.8) is 0 Å². The fraction of sp³-hybridized carbons (Fsp3) is 0.0909. The van der Waals surface area contributed by atoms with Gasteiger partial charge in [0.15, 0.2) is 0 Å². The molecular formula is C11H9N2NaO3. The SMILES string of the molecule is Cc1ccc(N2NC(=O)/C(=C/[O-])C2=O)cc1.[Na+]. The van der Waals surface area contributed by atoms with E-state index in [1.165, 1.54) is 0 Å². The van der Waals surface area contributed by atoms with Crippen molar-refractivity contribution in [2.45, 2.75) is 6.92 Å². The minimum Gasteiger partial charge on any atom is -0.877 e. The summed E-state index contributed by atoms with van der Waals surface area (Å²) in [5.41, 5.74) is 3.51. The van der Waals surface area contributed by atoms with E-state index in [0.29, 0.717) is 5.69 Å². The second-order valence-electron chi connectivity index (χ2n) is 3.45. The summed E-state index contributed by atoms with van der Waals surface area (Å²) < 4.78 is 0. The normalized spacial score (nSPS) is 17.0. The van der Waals surface area contributed by atoms with Crippen molar-refractivity contribution in [1.29, 1.82) is 0 Å². The van der Waals surface area contributed by atoms with Crippen molar-refractivity contribution in [2.75, 3.05) is 5.01 Å². The third kappa shape index (κ3) is 2.52. The number of carbonyl (C=O) groups excluding carboxylic acids is 2. The molecule has 1 heterocycles. The van der Waals surface area contributed by atoms with Crippen LogP contribution in [0.2, 0.25) is 0 Å². The number of amides is 2. The van der Waals surface area contributed by atoms with Gasteiger partial charge in [-0.3, -0.25) is 15.0 Å². The minimum absolute atomic E-state index is 0. The topological polar surface area (TPSA) is 72.5 Å². The maximum atomic E-state index is 11.6. The molecule has 1 fully saturated rings. The Kier molecular flexibility index (Phi) is 4.34. The molecule has 0 spiro atoms. The van der Waals surface area contributed by atoms with Crippen molar-refractivity contribution < 1.29 is 44.3 Å². The molecule has 1 aliphatic heterocycles. The van der Waals surface area contributed by atoms with Crippen LogP contribution in [0, 0.1) is 6.92 Å². The van der Waals surface area contributed by atoms with Crippen LogP contribution in [-0.4, -0.2) is 11.8 Å². The van der Waals surface area contributed by atoms with E-state index in [0.717, 1.165) is 10.6 Å². The quantitative estimate of drug-likeness (QED) is 0.241. The van der Waals surface area contributed by atoms with Gasteiger partial charge in [0.2, 0.25) is 0 Å².